The van der Waals surface area contributed by atoms with E-state index in [0.717, 1.165) is 17.7 Å². The highest BCUT2D eigenvalue weighted by atomic mass is 16.5. The molecule has 0 radical (unpaired) electrons. The summed E-state index contributed by atoms with van der Waals surface area (Å²) in [5, 5.41) is 3.00. The van der Waals surface area contributed by atoms with Gasteiger partial charge in [-0.15, -0.1) is 0 Å². The number of carbonyl (C=O) groups is 1. The summed E-state index contributed by atoms with van der Waals surface area (Å²) >= 11 is 0. The maximum absolute atomic E-state index is 11.8. The second-order valence-corrected chi connectivity index (χ2v) is 5.61. The first-order valence-corrected chi connectivity index (χ1v) is 7.23. The van der Waals surface area contributed by atoms with Gasteiger partial charge in [-0.2, -0.15) is 0 Å². The maximum Gasteiger partial charge on any atom is 0.222 e. The van der Waals surface area contributed by atoms with Crippen LogP contribution in [0.1, 0.15) is 25.8 Å². The van der Waals surface area contributed by atoms with Crippen LogP contribution in [0.2, 0.25) is 0 Å². The third-order valence-electron chi connectivity index (χ3n) is 3.17. The summed E-state index contributed by atoms with van der Waals surface area (Å²) in [6.45, 7) is 5.91. The SMILES string of the molecule is CC(C)COCCC(=O)N[C@@H]1COc2ccccc2C1. The second kappa shape index (κ2) is 7.29. The van der Waals surface area contributed by atoms with Crippen LogP contribution in [0.5, 0.6) is 5.75 Å². The molecule has 1 aromatic rings. The molecule has 1 heterocycles. The molecule has 0 bridgehead atoms. The van der Waals surface area contributed by atoms with Crippen LogP contribution in [0.4, 0.5) is 0 Å². The zero-order valence-electron chi connectivity index (χ0n) is 12.2. The highest BCUT2D eigenvalue weighted by Gasteiger charge is 2.20. The lowest BCUT2D eigenvalue weighted by Gasteiger charge is -2.26. The van der Waals surface area contributed by atoms with E-state index in [1.807, 2.05) is 24.3 Å². The summed E-state index contributed by atoms with van der Waals surface area (Å²) in [6.07, 6.45) is 1.24. The number of para-hydroxylation sites is 1. The van der Waals surface area contributed by atoms with Crippen molar-refractivity contribution in [2.24, 2.45) is 5.92 Å². The quantitative estimate of drug-likeness (QED) is 0.811. The first-order chi connectivity index (χ1) is 9.65. The predicted octanol–water partition coefficient (Wildman–Crippen LogP) is 2.17. The molecule has 1 aliphatic rings. The monoisotopic (exact) mass is 277 g/mol. The van der Waals surface area contributed by atoms with Gasteiger partial charge in [0.05, 0.1) is 12.6 Å². The van der Waals surface area contributed by atoms with Crippen molar-refractivity contribution in [1.29, 1.82) is 0 Å². The van der Waals surface area contributed by atoms with E-state index in [2.05, 4.69) is 19.2 Å². The van der Waals surface area contributed by atoms with Gasteiger partial charge in [0, 0.05) is 13.0 Å². The Balaban J connectivity index is 1.71. The van der Waals surface area contributed by atoms with Crippen molar-refractivity contribution in [3.8, 4) is 5.75 Å². The standard InChI is InChI=1S/C16H23NO3/c1-12(2)10-19-8-7-16(18)17-14-9-13-5-3-4-6-15(13)20-11-14/h3-6,12,14H,7-11H2,1-2H3,(H,17,18)/t14-/m0/s1. The molecule has 1 aliphatic heterocycles. The lowest BCUT2D eigenvalue weighted by molar-refractivity contribution is -0.123. The van der Waals surface area contributed by atoms with Gasteiger partial charge < -0.3 is 14.8 Å². The molecule has 0 unspecified atom stereocenters. The number of fused-ring (bicyclic) bond motifs is 1. The van der Waals surface area contributed by atoms with Crippen molar-refractivity contribution in [1.82, 2.24) is 5.32 Å². The molecule has 110 valence electrons. The largest absolute Gasteiger partial charge is 0.491 e. The number of carbonyl (C=O) groups excluding carboxylic acids is 1. The molecule has 1 atom stereocenters. The van der Waals surface area contributed by atoms with Crippen molar-refractivity contribution in [2.45, 2.75) is 32.7 Å². The van der Waals surface area contributed by atoms with Gasteiger partial charge in [-0.25, -0.2) is 0 Å². The van der Waals surface area contributed by atoms with Gasteiger partial charge in [0.15, 0.2) is 0 Å². The van der Waals surface area contributed by atoms with E-state index >= 15 is 0 Å². The first kappa shape index (κ1) is 14.9. The summed E-state index contributed by atoms with van der Waals surface area (Å²) in [4.78, 5) is 11.8. The van der Waals surface area contributed by atoms with Crippen LogP contribution in [0.15, 0.2) is 24.3 Å². The summed E-state index contributed by atoms with van der Waals surface area (Å²) in [5.74, 6) is 1.46. The summed E-state index contributed by atoms with van der Waals surface area (Å²) in [6, 6.07) is 8.02. The fourth-order valence-electron chi connectivity index (χ4n) is 2.20. The zero-order valence-corrected chi connectivity index (χ0v) is 12.2. The molecule has 0 fully saturated rings. The lowest BCUT2D eigenvalue weighted by atomic mass is 10.0. The fourth-order valence-corrected chi connectivity index (χ4v) is 2.20. The topological polar surface area (TPSA) is 47.6 Å². The van der Waals surface area contributed by atoms with Gasteiger partial charge in [0.1, 0.15) is 12.4 Å². The van der Waals surface area contributed by atoms with Gasteiger partial charge >= 0.3 is 0 Å². The van der Waals surface area contributed by atoms with E-state index in [-0.39, 0.29) is 11.9 Å². The van der Waals surface area contributed by atoms with Gasteiger partial charge in [0.25, 0.3) is 0 Å². The van der Waals surface area contributed by atoms with E-state index in [0.29, 0.717) is 32.2 Å². The summed E-state index contributed by atoms with van der Waals surface area (Å²) in [7, 11) is 0. The maximum atomic E-state index is 11.8. The van der Waals surface area contributed by atoms with E-state index in [4.69, 9.17) is 9.47 Å². The van der Waals surface area contributed by atoms with Crippen LogP contribution in [0, 0.1) is 5.92 Å². The molecule has 0 spiro atoms. The summed E-state index contributed by atoms with van der Waals surface area (Å²) < 4.78 is 11.1. The number of hydrogen-bond acceptors (Lipinski definition) is 3. The Morgan fingerprint density at radius 3 is 3.05 bits per heavy atom. The molecule has 1 amide bonds. The van der Waals surface area contributed by atoms with E-state index < -0.39 is 0 Å². The number of ether oxygens (including phenoxy) is 2. The molecule has 1 aromatic carbocycles. The fraction of sp³-hybridized carbons (Fsp3) is 0.562. The second-order valence-electron chi connectivity index (χ2n) is 5.61. The normalized spacial score (nSPS) is 17.4. The van der Waals surface area contributed by atoms with Crippen molar-refractivity contribution < 1.29 is 14.3 Å². The molecule has 2 rings (SSSR count). The molecule has 20 heavy (non-hydrogen) atoms. The molecular formula is C16H23NO3. The Bertz CT molecular complexity index is 445. The Kier molecular flexibility index (Phi) is 5.41. The Morgan fingerprint density at radius 1 is 1.45 bits per heavy atom. The predicted molar refractivity (Wildman–Crippen MR) is 77.8 cm³/mol. The van der Waals surface area contributed by atoms with Crippen LogP contribution in [0.25, 0.3) is 0 Å². The van der Waals surface area contributed by atoms with Crippen molar-refractivity contribution in [3.05, 3.63) is 29.8 Å². The van der Waals surface area contributed by atoms with Crippen LogP contribution in [-0.4, -0.2) is 31.8 Å². The number of hydrogen-bond donors (Lipinski definition) is 1. The van der Waals surface area contributed by atoms with Gasteiger partial charge in [-0.1, -0.05) is 32.0 Å². The average molecular weight is 277 g/mol. The number of nitrogens with one attached hydrogen (secondary N) is 1. The molecule has 4 heteroatoms. The average Bonchev–Trinajstić information content (AvgIpc) is 2.43. The first-order valence-electron chi connectivity index (χ1n) is 7.23. The molecule has 4 nitrogen and oxygen atoms in total. The van der Waals surface area contributed by atoms with E-state index in [9.17, 15) is 4.79 Å². The van der Waals surface area contributed by atoms with E-state index in [1.165, 1.54) is 0 Å². The highest BCUT2D eigenvalue weighted by Crippen LogP contribution is 2.23. The van der Waals surface area contributed by atoms with Gasteiger partial charge in [-0.3, -0.25) is 4.79 Å². The highest BCUT2D eigenvalue weighted by molar-refractivity contribution is 5.76. The molecule has 0 saturated carbocycles. The third-order valence-corrected chi connectivity index (χ3v) is 3.17. The lowest BCUT2D eigenvalue weighted by Crippen LogP contribution is -2.43. The minimum atomic E-state index is 0.0294. The smallest absolute Gasteiger partial charge is 0.222 e. The Morgan fingerprint density at radius 2 is 2.25 bits per heavy atom. The van der Waals surface area contributed by atoms with Crippen molar-refractivity contribution >= 4 is 5.91 Å². The van der Waals surface area contributed by atoms with Crippen molar-refractivity contribution in [2.75, 3.05) is 19.8 Å². The van der Waals surface area contributed by atoms with Crippen LogP contribution in [-0.2, 0) is 16.0 Å². The minimum absolute atomic E-state index is 0.0294. The Hall–Kier alpha value is -1.55. The van der Waals surface area contributed by atoms with Gasteiger partial charge in [0.2, 0.25) is 5.91 Å². The van der Waals surface area contributed by atoms with Crippen LogP contribution < -0.4 is 10.1 Å². The molecule has 1 N–H and O–H groups in total. The van der Waals surface area contributed by atoms with Crippen LogP contribution >= 0.6 is 0 Å². The molecule has 0 saturated heterocycles. The third kappa shape index (κ3) is 4.53. The Labute approximate surface area is 120 Å². The zero-order chi connectivity index (χ0) is 14.4. The number of rotatable bonds is 6. The van der Waals surface area contributed by atoms with E-state index in [1.54, 1.807) is 0 Å². The number of amides is 1. The molecular weight excluding hydrogens is 254 g/mol. The minimum Gasteiger partial charge on any atom is -0.491 e. The molecule has 0 aromatic heterocycles. The molecule has 0 aliphatic carbocycles. The van der Waals surface area contributed by atoms with Crippen molar-refractivity contribution in [3.63, 3.8) is 0 Å². The van der Waals surface area contributed by atoms with Crippen LogP contribution in [0.3, 0.4) is 0 Å². The number of benzene rings is 1. The van der Waals surface area contributed by atoms with Gasteiger partial charge in [-0.05, 0) is 24.0 Å². The summed E-state index contributed by atoms with van der Waals surface area (Å²) in [5.41, 5.74) is 1.15.